The van der Waals surface area contributed by atoms with Crippen LogP contribution < -0.4 is 0 Å². The van der Waals surface area contributed by atoms with Crippen LogP contribution >= 0.6 is 11.6 Å². The number of aryl methyl sites for hydroxylation is 2. The molecule has 1 aliphatic heterocycles. The van der Waals surface area contributed by atoms with Crippen LogP contribution in [-0.2, 0) is 10.3 Å². The van der Waals surface area contributed by atoms with Crippen molar-refractivity contribution in [1.82, 2.24) is 0 Å². The highest BCUT2D eigenvalue weighted by Crippen LogP contribution is 2.34. The van der Waals surface area contributed by atoms with Gasteiger partial charge in [-0.15, -0.1) is 0 Å². The molecule has 0 bridgehead atoms. The molecule has 1 fully saturated rings. The zero-order valence-corrected chi connectivity index (χ0v) is 10.5. The molecule has 0 atom stereocenters. The number of aliphatic hydroxyl groups is 1. The molecule has 0 amide bonds. The van der Waals surface area contributed by atoms with Crippen molar-refractivity contribution in [3.8, 4) is 0 Å². The number of hydrogen-bond acceptors (Lipinski definition) is 2. The Hall–Kier alpha value is -0.570. The van der Waals surface area contributed by atoms with E-state index in [0.29, 0.717) is 26.1 Å². The largest absolute Gasteiger partial charge is 0.385 e. The highest BCUT2D eigenvalue weighted by Gasteiger charge is 2.32. The van der Waals surface area contributed by atoms with E-state index in [1.54, 1.807) is 0 Å². The van der Waals surface area contributed by atoms with Crippen LogP contribution in [0.5, 0.6) is 0 Å². The summed E-state index contributed by atoms with van der Waals surface area (Å²) >= 11 is 6.13. The third-order valence-electron chi connectivity index (χ3n) is 3.29. The van der Waals surface area contributed by atoms with E-state index in [1.165, 1.54) is 0 Å². The van der Waals surface area contributed by atoms with E-state index in [2.05, 4.69) is 0 Å². The van der Waals surface area contributed by atoms with E-state index in [0.717, 1.165) is 21.7 Å². The standard InChI is InChI=1S/C13H17ClO2/c1-9-7-11(8-10(2)12(9)14)13(15)3-5-16-6-4-13/h7-8,15H,3-6H2,1-2H3. The van der Waals surface area contributed by atoms with Crippen molar-refractivity contribution in [2.45, 2.75) is 32.3 Å². The molecule has 1 N–H and O–H groups in total. The minimum absolute atomic E-state index is 0.622. The Morgan fingerprint density at radius 1 is 1.19 bits per heavy atom. The SMILES string of the molecule is Cc1cc(C2(O)CCOCC2)cc(C)c1Cl. The Labute approximate surface area is 101 Å². The zero-order chi connectivity index (χ0) is 11.8. The molecule has 1 aromatic rings. The second-order valence-electron chi connectivity index (χ2n) is 4.57. The lowest BCUT2D eigenvalue weighted by Crippen LogP contribution is -2.33. The molecule has 0 aromatic heterocycles. The molecule has 0 spiro atoms. The van der Waals surface area contributed by atoms with Gasteiger partial charge in [0.25, 0.3) is 0 Å². The fraction of sp³-hybridized carbons (Fsp3) is 0.538. The summed E-state index contributed by atoms with van der Waals surface area (Å²) < 4.78 is 5.28. The minimum atomic E-state index is -0.738. The quantitative estimate of drug-likeness (QED) is 0.818. The summed E-state index contributed by atoms with van der Waals surface area (Å²) in [4.78, 5) is 0. The first kappa shape index (κ1) is 11.9. The van der Waals surface area contributed by atoms with Crippen molar-refractivity contribution in [3.05, 3.63) is 33.8 Å². The first-order valence-electron chi connectivity index (χ1n) is 5.60. The average molecular weight is 241 g/mol. The predicted molar refractivity (Wildman–Crippen MR) is 64.9 cm³/mol. The molecular weight excluding hydrogens is 224 g/mol. The van der Waals surface area contributed by atoms with Crippen LogP contribution in [0.2, 0.25) is 5.02 Å². The van der Waals surface area contributed by atoms with Gasteiger partial charge in [-0.05, 0) is 30.5 Å². The van der Waals surface area contributed by atoms with Crippen molar-refractivity contribution in [1.29, 1.82) is 0 Å². The van der Waals surface area contributed by atoms with E-state index in [9.17, 15) is 5.11 Å². The molecular formula is C13H17ClO2. The molecule has 0 unspecified atom stereocenters. The summed E-state index contributed by atoms with van der Waals surface area (Å²) in [6.07, 6.45) is 1.32. The first-order valence-corrected chi connectivity index (χ1v) is 5.98. The molecule has 2 rings (SSSR count). The van der Waals surface area contributed by atoms with Crippen LogP contribution in [0.1, 0.15) is 29.5 Å². The molecule has 2 nitrogen and oxygen atoms in total. The van der Waals surface area contributed by atoms with Gasteiger partial charge < -0.3 is 9.84 Å². The Morgan fingerprint density at radius 3 is 2.19 bits per heavy atom. The van der Waals surface area contributed by atoms with Gasteiger partial charge in [0.1, 0.15) is 0 Å². The van der Waals surface area contributed by atoms with Gasteiger partial charge in [-0.2, -0.15) is 0 Å². The van der Waals surface area contributed by atoms with Gasteiger partial charge in [-0.3, -0.25) is 0 Å². The monoisotopic (exact) mass is 240 g/mol. The maximum atomic E-state index is 10.6. The molecule has 0 aliphatic carbocycles. The highest BCUT2D eigenvalue weighted by molar-refractivity contribution is 6.32. The summed E-state index contributed by atoms with van der Waals surface area (Å²) in [5, 5.41) is 11.4. The second kappa shape index (κ2) is 4.36. The number of rotatable bonds is 1. The van der Waals surface area contributed by atoms with E-state index < -0.39 is 5.60 Å². The average Bonchev–Trinajstić information content (AvgIpc) is 2.26. The fourth-order valence-electron chi connectivity index (χ4n) is 2.21. The minimum Gasteiger partial charge on any atom is -0.385 e. The molecule has 1 heterocycles. The number of benzene rings is 1. The lowest BCUT2D eigenvalue weighted by Gasteiger charge is -2.33. The topological polar surface area (TPSA) is 29.5 Å². The van der Waals surface area contributed by atoms with Crippen LogP contribution in [0.25, 0.3) is 0 Å². The summed E-state index contributed by atoms with van der Waals surface area (Å²) in [6, 6.07) is 3.97. The highest BCUT2D eigenvalue weighted by atomic mass is 35.5. The summed E-state index contributed by atoms with van der Waals surface area (Å²) in [6.45, 7) is 5.19. The van der Waals surface area contributed by atoms with Gasteiger partial charge in [0.15, 0.2) is 0 Å². The molecule has 1 saturated heterocycles. The van der Waals surface area contributed by atoms with E-state index in [4.69, 9.17) is 16.3 Å². The van der Waals surface area contributed by atoms with Crippen LogP contribution in [0.15, 0.2) is 12.1 Å². The van der Waals surface area contributed by atoms with Gasteiger partial charge in [0.05, 0.1) is 5.60 Å². The van der Waals surface area contributed by atoms with Crippen LogP contribution in [-0.4, -0.2) is 18.3 Å². The van der Waals surface area contributed by atoms with Crippen LogP contribution in [0, 0.1) is 13.8 Å². The Bertz CT molecular complexity index is 372. The maximum Gasteiger partial charge on any atom is 0.0940 e. The van der Waals surface area contributed by atoms with E-state index >= 15 is 0 Å². The van der Waals surface area contributed by atoms with Gasteiger partial charge in [0.2, 0.25) is 0 Å². The number of hydrogen-bond donors (Lipinski definition) is 1. The van der Waals surface area contributed by atoms with Crippen molar-refractivity contribution in [2.75, 3.05) is 13.2 Å². The first-order chi connectivity index (χ1) is 7.53. The molecule has 0 radical (unpaired) electrons. The summed E-state index contributed by atoms with van der Waals surface area (Å²) in [7, 11) is 0. The number of ether oxygens (including phenoxy) is 1. The van der Waals surface area contributed by atoms with Crippen molar-refractivity contribution < 1.29 is 9.84 Å². The molecule has 1 aromatic carbocycles. The second-order valence-corrected chi connectivity index (χ2v) is 4.95. The third-order valence-corrected chi connectivity index (χ3v) is 3.89. The lowest BCUT2D eigenvalue weighted by molar-refractivity contribution is -0.0679. The zero-order valence-electron chi connectivity index (χ0n) is 9.72. The summed E-state index contributed by atoms with van der Waals surface area (Å²) in [5.41, 5.74) is 2.28. The summed E-state index contributed by atoms with van der Waals surface area (Å²) in [5.74, 6) is 0. The smallest absolute Gasteiger partial charge is 0.0940 e. The maximum absolute atomic E-state index is 10.6. The van der Waals surface area contributed by atoms with Crippen molar-refractivity contribution in [3.63, 3.8) is 0 Å². The fourth-order valence-corrected chi connectivity index (χ4v) is 2.32. The molecule has 16 heavy (non-hydrogen) atoms. The predicted octanol–water partition coefficient (Wildman–Crippen LogP) is 2.95. The lowest BCUT2D eigenvalue weighted by atomic mass is 9.85. The van der Waals surface area contributed by atoms with Crippen molar-refractivity contribution in [2.24, 2.45) is 0 Å². The van der Waals surface area contributed by atoms with E-state index in [1.807, 2.05) is 26.0 Å². The molecule has 88 valence electrons. The van der Waals surface area contributed by atoms with E-state index in [-0.39, 0.29) is 0 Å². The molecule has 0 saturated carbocycles. The number of halogens is 1. The Kier molecular flexibility index (Phi) is 3.24. The van der Waals surface area contributed by atoms with Crippen LogP contribution in [0.4, 0.5) is 0 Å². The van der Waals surface area contributed by atoms with Crippen molar-refractivity contribution >= 4 is 11.6 Å². The molecule has 1 aliphatic rings. The van der Waals surface area contributed by atoms with Gasteiger partial charge in [-0.1, -0.05) is 23.7 Å². The van der Waals surface area contributed by atoms with Gasteiger partial charge >= 0.3 is 0 Å². The normalized spacial score (nSPS) is 19.8. The molecule has 3 heteroatoms. The van der Waals surface area contributed by atoms with Crippen LogP contribution in [0.3, 0.4) is 0 Å². The Balaban J connectivity index is 2.39. The Morgan fingerprint density at radius 2 is 1.69 bits per heavy atom. The van der Waals surface area contributed by atoms with Gasteiger partial charge in [-0.25, -0.2) is 0 Å². The third kappa shape index (κ3) is 2.10. The van der Waals surface area contributed by atoms with Gasteiger partial charge in [0, 0.05) is 31.1 Å².